The first-order valence-corrected chi connectivity index (χ1v) is 11.7. The van der Waals surface area contributed by atoms with Gasteiger partial charge < -0.3 is 14.8 Å². The second-order valence-corrected chi connectivity index (χ2v) is 10.4. The lowest BCUT2D eigenvalue weighted by Crippen LogP contribution is -2.21. The van der Waals surface area contributed by atoms with Gasteiger partial charge in [-0.15, -0.1) is 11.3 Å². The number of thiophene rings is 1. The van der Waals surface area contributed by atoms with Gasteiger partial charge in [0.2, 0.25) is 0 Å². The molecule has 0 aliphatic heterocycles. The molecule has 1 aliphatic rings. The van der Waals surface area contributed by atoms with Gasteiger partial charge in [0.05, 0.1) is 18.6 Å². The monoisotopic (exact) mass is 454 g/mol. The molecule has 0 bridgehead atoms. The molecule has 0 spiro atoms. The molecule has 0 saturated carbocycles. The van der Waals surface area contributed by atoms with E-state index < -0.39 is 11.9 Å². The van der Waals surface area contributed by atoms with Gasteiger partial charge in [-0.3, -0.25) is 9.59 Å². The molecule has 0 saturated heterocycles. The number of rotatable bonds is 7. The molecular weight excluding hydrogens is 424 g/mol. The normalized spacial score (nSPS) is 15.4. The van der Waals surface area contributed by atoms with E-state index in [4.69, 9.17) is 9.47 Å². The predicted octanol–water partition coefficient (Wildman–Crippen LogP) is 4.99. The molecule has 170 valence electrons. The topological polar surface area (TPSA) is 88.4 Å². The Labute approximate surface area is 193 Å². The molecule has 0 radical (unpaired) electrons. The number of hydrogen-bond donors (Lipinski definition) is 1. The fraction of sp³-hybridized carbons (Fsp3) is 0.480. The highest BCUT2D eigenvalue weighted by molar-refractivity contribution is 7.16. The maximum atomic E-state index is 12.2. The van der Waals surface area contributed by atoms with Crippen LogP contribution in [0.3, 0.4) is 0 Å². The van der Waals surface area contributed by atoms with Gasteiger partial charge in [0.15, 0.2) is 6.61 Å². The minimum absolute atomic E-state index is 0.0446. The highest BCUT2D eigenvalue weighted by atomic mass is 32.1. The van der Waals surface area contributed by atoms with Crippen molar-refractivity contribution in [3.05, 3.63) is 45.8 Å². The Morgan fingerprint density at radius 1 is 1.25 bits per heavy atom. The van der Waals surface area contributed by atoms with Crippen LogP contribution in [0.4, 0.5) is 5.00 Å². The Bertz CT molecular complexity index is 1010. The Hall–Kier alpha value is -2.85. The van der Waals surface area contributed by atoms with Gasteiger partial charge in [0.1, 0.15) is 16.8 Å². The first kappa shape index (κ1) is 23.8. The number of benzene rings is 1. The molecule has 1 aromatic heterocycles. The molecule has 1 N–H and O–H groups in total. The summed E-state index contributed by atoms with van der Waals surface area (Å²) in [6.45, 7) is 8.40. The lowest BCUT2D eigenvalue weighted by molar-refractivity contribution is -0.147. The van der Waals surface area contributed by atoms with E-state index in [-0.39, 0.29) is 25.0 Å². The number of nitrogens with one attached hydrogen (secondary N) is 1. The summed E-state index contributed by atoms with van der Waals surface area (Å²) in [6, 6.07) is 10.0. The molecule has 6 nitrogen and oxygen atoms in total. The lowest BCUT2D eigenvalue weighted by atomic mass is 9.87. The zero-order valence-corrected chi connectivity index (χ0v) is 19.9. The van der Waals surface area contributed by atoms with Gasteiger partial charge in [-0.05, 0) is 53.9 Å². The number of nitriles is 1. The van der Waals surface area contributed by atoms with E-state index in [1.807, 2.05) is 24.3 Å². The van der Waals surface area contributed by atoms with Crippen molar-refractivity contribution >= 4 is 28.2 Å². The number of carbonyl (C=O) groups excluding carboxylic acids is 2. The van der Waals surface area contributed by atoms with Crippen LogP contribution >= 0.6 is 11.3 Å². The van der Waals surface area contributed by atoms with Crippen LogP contribution < -0.4 is 10.1 Å². The Morgan fingerprint density at radius 2 is 1.97 bits per heavy atom. The first-order valence-electron chi connectivity index (χ1n) is 10.9. The molecule has 1 amide bonds. The quantitative estimate of drug-likeness (QED) is 0.595. The van der Waals surface area contributed by atoms with E-state index in [1.54, 1.807) is 0 Å². The molecule has 0 fully saturated rings. The van der Waals surface area contributed by atoms with E-state index in [2.05, 4.69) is 39.1 Å². The molecule has 2 aromatic rings. The number of esters is 1. The van der Waals surface area contributed by atoms with Crippen LogP contribution in [0.15, 0.2) is 24.3 Å². The Morgan fingerprint density at radius 3 is 2.62 bits per heavy atom. The van der Waals surface area contributed by atoms with Crippen LogP contribution in [-0.4, -0.2) is 25.1 Å². The molecule has 32 heavy (non-hydrogen) atoms. The van der Waals surface area contributed by atoms with Crippen LogP contribution in [-0.2, 0) is 32.6 Å². The van der Waals surface area contributed by atoms with E-state index in [0.29, 0.717) is 22.2 Å². The van der Waals surface area contributed by atoms with E-state index in [9.17, 15) is 14.9 Å². The largest absolute Gasteiger partial charge is 0.493 e. The van der Waals surface area contributed by atoms with Crippen LogP contribution in [0.1, 0.15) is 62.1 Å². The van der Waals surface area contributed by atoms with Gasteiger partial charge in [-0.1, -0.05) is 39.8 Å². The number of anilines is 1. The Balaban J connectivity index is 1.43. The minimum atomic E-state index is -0.508. The molecule has 1 unspecified atom stereocenters. The zero-order chi connectivity index (χ0) is 23.3. The third kappa shape index (κ3) is 6.10. The molecule has 1 heterocycles. The summed E-state index contributed by atoms with van der Waals surface area (Å²) in [6.07, 6.45) is 2.88. The van der Waals surface area contributed by atoms with E-state index in [0.717, 1.165) is 24.8 Å². The van der Waals surface area contributed by atoms with Gasteiger partial charge in [-0.2, -0.15) is 5.26 Å². The third-order valence-electron chi connectivity index (χ3n) is 5.54. The standard InChI is InChI=1S/C25H30N2O4S/c1-16-5-10-19-20(14-26)24(32-21(19)13-16)27-22(28)15-31-23(29)11-12-30-18-8-6-17(7-9-18)25(2,3)4/h6-9,16H,5,10-13,15H2,1-4H3,(H,27,28). The number of hydrogen-bond acceptors (Lipinski definition) is 6. The molecule has 1 aliphatic carbocycles. The number of amides is 1. The van der Waals surface area contributed by atoms with E-state index >= 15 is 0 Å². The summed E-state index contributed by atoms with van der Waals surface area (Å²) in [5, 5.41) is 12.8. The fourth-order valence-corrected chi connectivity index (χ4v) is 5.02. The lowest BCUT2D eigenvalue weighted by Gasteiger charge is -2.19. The van der Waals surface area contributed by atoms with Crippen molar-refractivity contribution in [2.45, 2.75) is 58.8 Å². The van der Waals surface area contributed by atoms with Gasteiger partial charge in [-0.25, -0.2) is 0 Å². The third-order valence-corrected chi connectivity index (χ3v) is 6.71. The average molecular weight is 455 g/mol. The summed E-state index contributed by atoms with van der Waals surface area (Å²) in [4.78, 5) is 25.4. The predicted molar refractivity (Wildman–Crippen MR) is 125 cm³/mol. The highest BCUT2D eigenvalue weighted by Crippen LogP contribution is 2.39. The number of fused-ring (bicyclic) bond motifs is 1. The summed E-state index contributed by atoms with van der Waals surface area (Å²) in [7, 11) is 0. The SMILES string of the molecule is CC1CCc2c(sc(NC(=O)COC(=O)CCOc3ccc(C(C)(C)C)cc3)c2C#N)C1. The van der Waals surface area contributed by atoms with E-state index in [1.165, 1.54) is 21.8 Å². The fourth-order valence-electron chi connectivity index (χ4n) is 3.64. The molecule has 7 heteroatoms. The van der Waals surface area contributed by atoms with Crippen molar-refractivity contribution in [3.63, 3.8) is 0 Å². The van der Waals surface area contributed by atoms with Crippen molar-refractivity contribution in [2.24, 2.45) is 5.92 Å². The molecule has 1 atom stereocenters. The van der Waals surface area contributed by atoms with Crippen molar-refractivity contribution in [1.82, 2.24) is 0 Å². The van der Waals surface area contributed by atoms with Crippen molar-refractivity contribution in [1.29, 1.82) is 5.26 Å². The summed E-state index contributed by atoms with van der Waals surface area (Å²) in [5.74, 6) is 0.311. The smallest absolute Gasteiger partial charge is 0.309 e. The minimum Gasteiger partial charge on any atom is -0.493 e. The van der Waals surface area contributed by atoms with Crippen LogP contribution in [0.5, 0.6) is 5.75 Å². The summed E-state index contributed by atoms with van der Waals surface area (Å²) >= 11 is 1.45. The summed E-state index contributed by atoms with van der Waals surface area (Å²) < 4.78 is 10.7. The maximum absolute atomic E-state index is 12.2. The number of nitrogens with zero attached hydrogens (tertiary/aromatic N) is 1. The van der Waals surface area contributed by atoms with Crippen LogP contribution in [0.25, 0.3) is 0 Å². The van der Waals surface area contributed by atoms with Crippen molar-refractivity contribution in [2.75, 3.05) is 18.5 Å². The van der Waals surface area contributed by atoms with Crippen molar-refractivity contribution in [3.8, 4) is 11.8 Å². The Kier molecular flexibility index (Phi) is 7.57. The molecule has 1 aromatic carbocycles. The van der Waals surface area contributed by atoms with Gasteiger partial charge in [0, 0.05) is 4.88 Å². The molecular formula is C25H30N2O4S. The average Bonchev–Trinajstić information content (AvgIpc) is 3.07. The highest BCUT2D eigenvalue weighted by Gasteiger charge is 2.24. The number of carbonyl (C=O) groups is 2. The first-order chi connectivity index (χ1) is 15.2. The molecule has 3 rings (SSSR count). The summed E-state index contributed by atoms with van der Waals surface area (Å²) in [5.41, 5.74) is 2.87. The van der Waals surface area contributed by atoms with Gasteiger partial charge >= 0.3 is 5.97 Å². The second-order valence-electron chi connectivity index (χ2n) is 9.25. The van der Waals surface area contributed by atoms with Crippen LogP contribution in [0.2, 0.25) is 0 Å². The zero-order valence-electron chi connectivity index (χ0n) is 19.1. The second kappa shape index (κ2) is 10.2. The van der Waals surface area contributed by atoms with Crippen molar-refractivity contribution < 1.29 is 19.1 Å². The van der Waals surface area contributed by atoms with Gasteiger partial charge in [0.25, 0.3) is 5.91 Å². The van der Waals surface area contributed by atoms with Crippen LogP contribution in [0, 0.1) is 17.2 Å². The number of ether oxygens (including phenoxy) is 2. The maximum Gasteiger partial charge on any atom is 0.309 e.